The fourth-order valence-electron chi connectivity index (χ4n) is 2.94. The summed E-state index contributed by atoms with van der Waals surface area (Å²) in [7, 11) is 0. The zero-order valence-electron chi connectivity index (χ0n) is 14.1. The summed E-state index contributed by atoms with van der Waals surface area (Å²) < 4.78 is 5.45. The number of nitrogens with one attached hydrogen (secondary N) is 2. The van der Waals surface area contributed by atoms with Gasteiger partial charge in [-0.15, -0.1) is 0 Å². The van der Waals surface area contributed by atoms with Crippen molar-refractivity contribution in [2.24, 2.45) is 5.10 Å². The molecular formula is C18H20N6O. The van der Waals surface area contributed by atoms with E-state index in [-0.39, 0.29) is 0 Å². The molecule has 3 aromatic rings. The van der Waals surface area contributed by atoms with E-state index in [2.05, 4.69) is 49.4 Å². The van der Waals surface area contributed by atoms with Crippen LogP contribution in [0.3, 0.4) is 0 Å². The predicted molar refractivity (Wildman–Crippen MR) is 99.3 cm³/mol. The third-order valence-electron chi connectivity index (χ3n) is 4.16. The van der Waals surface area contributed by atoms with E-state index in [1.54, 1.807) is 12.5 Å². The Morgan fingerprint density at radius 2 is 2.16 bits per heavy atom. The molecule has 1 saturated heterocycles. The van der Waals surface area contributed by atoms with Crippen molar-refractivity contribution in [1.29, 1.82) is 0 Å². The van der Waals surface area contributed by atoms with Crippen LogP contribution in [0.5, 0.6) is 0 Å². The van der Waals surface area contributed by atoms with E-state index in [0.717, 1.165) is 43.1 Å². The Bertz CT molecular complexity index is 897. The van der Waals surface area contributed by atoms with Gasteiger partial charge in [0.25, 0.3) is 0 Å². The first-order valence-corrected chi connectivity index (χ1v) is 8.32. The van der Waals surface area contributed by atoms with Gasteiger partial charge in [-0.25, -0.2) is 9.97 Å². The normalized spacial score (nSPS) is 15.2. The van der Waals surface area contributed by atoms with Crippen LogP contribution >= 0.6 is 0 Å². The predicted octanol–water partition coefficient (Wildman–Crippen LogP) is 2.55. The Morgan fingerprint density at radius 3 is 3.00 bits per heavy atom. The number of aromatic amines is 1. The maximum atomic E-state index is 5.45. The number of anilines is 2. The van der Waals surface area contributed by atoms with Crippen LogP contribution < -0.4 is 10.3 Å². The topological polar surface area (TPSA) is 78.4 Å². The minimum Gasteiger partial charge on any atom is -0.378 e. The van der Waals surface area contributed by atoms with Crippen LogP contribution in [0.4, 0.5) is 11.5 Å². The molecule has 1 aliphatic rings. The number of pyridine rings is 1. The molecule has 0 unspecified atom stereocenters. The van der Waals surface area contributed by atoms with Crippen LogP contribution in [0.25, 0.3) is 11.2 Å². The van der Waals surface area contributed by atoms with Gasteiger partial charge in [-0.1, -0.05) is 29.8 Å². The minimum absolute atomic E-state index is 0.671. The lowest BCUT2D eigenvalue weighted by molar-refractivity contribution is 0.123. The zero-order chi connectivity index (χ0) is 17.1. The molecular weight excluding hydrogens is 316 g/mol. The van der Waals surface area contributed by atoms with Crippen molar-refractivity contribution < 1.29 is 4.74 Å². The molecule has 3 heterocycles. The van der Waals surface area contributed by atoms with Gasteiger partial charge in [0.05, 0.1) is 31.4 Å². The average Bonchev–Trinajstić information content (AvgIpc) is 3.10. The monoisotopic (exact) mass is 336 g/mol. The van der Waals surface area contributed by atoms with Crippen molar-refractivity contribution in [3.8, 4) is 0 Å². The van der Waals surface area contributed by atoms with Gasteiger partial charge in [0, 0.05) is 19.2 Å². The zero-order valence-corrected chi connectivity index (χ0v) is 14.1. The van der Waals surface area contributed by atoms with E-state index in [9.17, 15) is 0 Å². The molecule has 25 heavy (non-hydrogen) atoms. The lowest BCUT2D eigenvalue weighted by Crippen LogP contribution is -2.36. The van der Waals surface area contributed by atoms with Crippen LogP contribution in [0, 0.1) is 6.92 Å². The number of imidazole rings is 1. The second-order valence-electron chi connectivity index (χ2n) is 6.01. The lowest BCUT2D eigenvalue weighted by Gasteiger charge is -2.29. The van der Waals surface area contributed by atoms with E-state index >= 15 is 0 Å². The van der Waals surface area contributed by atoms with Crippen molar-refractivity contribution in [2.75, 3.05) is 36.6 Å². The molecule has 1 aromatic carbocycles. The van der Waals surface area contributed by atoms with Crippen LogP contribution in [0.15, 0.2) is 41.8 Å². The number of hydrogen-bond donors (Lipinski definition) is 2. The van der Waals surface area contributed by atoms with Crippen LogP contribution in [0.2, 0.25) is 0 Å². The Kier molecular flexibility index (Phi) is 4.30. The highest BCUT2D eigenvalue weighted by Gasteiger charge is 2.17. The molecule has 0 atom stereocenters. The number of hydrogen-bond acceptors (Lipinski definition) is 6. The largest absolute Gasteiger partial charge is 0.378 e. The van der Waals surface area contributed by atoms with Gasteiger partial charge < -0.3 is 14.6 Å². The van der Waals surface area contributed by atoms with E-state index in [0.29, 0.717) is 11.5 Å². The standard InChI is InChI=1S/C18H20N6O/c1-13-3-2-4-14(9-13)11-21-23-16-10-15(24-5-7-25-8-6-24)17-18(22-16)20-12-19-17/h2-4,9-12H,5-8H2,1H3,(H2,19,20,22,23)/b21-11+. The van der Waals surface area contributed by atoms with Crippen molar-refractivity contribution >= 4 is 28.9 Å². The molecule has 1 aliphatic heterocycles. The molecule has 7 heteroatoms. The lowest BCUT2D eigenvalue weighted by atomic mass is 10.2. The second-order valence-corrected chi connectivity index (χ2v) is 6.01. The van der Waals surface area contributed by atoms with Gasteiger partial charge in [0.2, 0.25) is 0 Å². The Balaban J connectivity index is 1.59. The first-order chi connectivity index (χ1) is 12.3. The summed E-state index contributed by atoms with van der Waals surface area (Å²) in [4.78, 5) is 14.3. The third-order valence-corrected chi connectivity index (χ3v) is 4.16. The maximum absolute atomic E-state index is 5.45. The fraction of sp³-hybridized carbons (Fsp3) is 0.278. The Labute approximate surface area is 145 Å². The number of H-pyrrole nitrogens is 1. The summed E-state index contributed by atoms with van der Waals surface area (Å²) in [5.41, 5.74) is 7.95. The number of rotatable bonds is 4. The number of aromatic nitrogens is 3. The Hall–Kier alpha value is -2.93. The summed E-state index contributed by atoms with van der Waals surface area (Å²) in [5.74, 6) is 0.671. The van der Waals surface area contributed by atoms with Gasteiger partial charge in [0.15, 0.2) is 11.5 Å². The number of aryl methyl sites for hydroxylation is 1. The van der Waals surface area contributed by atoms with Crippen LogP contribution in [-0.2, 0) is 4.74 Å². The highest BCUT2D eigenvalue weighted by atomic mass is 16.5. The summed E-state index contributed by atoms with van der Waals surface area (Å²) in [6.07, 6.45) is 3.46. The number of fused-ring (bicyclic) bond motifs is 1. The molecule has 0 aliphatic carbocycles. The van der Waals surface area contributed by atoms with Gasteiger partial charge in [-0.2, -0.15) is 5.10 Å². The molecule has 1 fully saturated rings. The first-order valence-electron chi connectivity index (χ1n) is 8.32. The molecule has 0 bridgehead atoms. The molecule has 0 amide bonds. The highest BCUT2D eigenvalue weighted by Crippen LogP contribution is 2.27. The van der Waals surface area contributed by atoms with Gasteiger partial charge in [0.1, 0.15) is 5.52 Å². The highest BCUT2D eigenvalue weighted by molar-refractivity contribution is 5.88. The van der Waals surface area contributed by atoms with Gasteiger partial charge in [-0.05, 0) is 12.5 Å². The number of hydrazone groups is 1. The SMILES string of the molecule is Cc1cccc(/C=N/Nc2cc(N3CCOCC3)c3[nH]cnc3n2)c1. The molecule has 0 saturated carbocycles. The van der Waals surface area contributed by atoms with Crippen molar-refractivity contribution in [1.82, 2.24) is 15.0 Å². The van der Waals surface area contributed by atoms with Crippen molar-refractivity contribution in [3.63, 3.8) is 0 Å². The van der Waals surface area contributed by atoms with Crippen LogP contribution in [-0.4, -0.2) is 47.5 Å². The van der Waals surface area contributed by atoms with Gasteiger partial charge >= 0.3 is 0 Å². The minimum atomic E-state index is 0.671. The molecule has 7 nitrogen and oxygen atoms in total. The number of ether oxygens (including phenoxy) is 1. The summed E-state index contributed by atoms with van der Waals surface area (Å²) >= 11 is 0. The first kappa shape index (κ1) is 15.6. The molecule has 0 spiro atoms. The van der Waals surface area contributed by atoms with E-state index in [4.69, 9.17) is 4.74 Å². The number of nitrogens with zero attached hydrogens (tertiary/aromatic N) is 4. The van der Waals surface area contributed by atoms with Crippen molar-refractivity contribution in [3.05, 3.63) is 47.8 Å². The average molecular weight is 336 g/mol. The summed E-state index contributed by atoms with van der Waals surface area (Å²) in [6, 6.07) is 10.2. The van der Waals surface area contributed by atoms with E-state index < -0.39 is 0 Å². The number of morpholine rings is 1. The quantitative estimate of drug-likeness (QED) is 0.565. The molecule has 0 radical (unpaired) electrons. The maximum Gasteiger partial charge on any atom is 0.181 e. The van der Waals surface area contributed by atoms with Gasteiger partial charge in [-0.3, -0.25) is 5.43 Å². The van der Waals surface area contributed by atoms with Crippen molar-refractivity contribution in [2.45, 2.75) is 6.92 Å². The third kappa shape index (κ3) is 3.46. The molecule has 2 aromatic heterocycles. The fourth-order valence-corrected chi connectivity index (χ4v) is 2.94. The smallest absolute Gasteiger partial charge is 0.181 e. The number of benzene rings is 1. The molecule has 2 N–H and O–H groups in total. The Morgan fingerprint density at radius 1 is 1.28 bits per heavy atom. The van der Waals surface area contributed by atoms with Crippen LogP contribution in [0.1, 0.15) is 11.1 Å². The molecule has 128 valence electrons. The molecule has 4 rings (SSSR count). The summed E-state index contributed by atoms with van der Waals surface area (Å²) in [6.45, 7) is 5.22. The van der Waals surface area contributed by atoms with E-state index in [1.807, 2.05) is 18.2 Å². The van der Waals surface area contributed by atoms with E-state index in [1.165, 1.54) is 5.56 Å². The summed E-state index contributed by atoms with van der Waals surface area (Å²) in [5, 5.41) is 4.31. The second kappa shape index (κ2) is 6.90.